The largest absolute Gasteiger partial charge is 0.482 e. The first-order valence-electron chi connectivity index (χ1n) is 10.1. The molecule has 0 saturated heterocycles. The minimum Gasteiger partial charge on any atom is -0.482 e. The van der Waals surface area contributed by atoms with Crippen LogP contribution in [0.5, 0.6) is 11.5 Å². The smallest absolute Gasteiger partial charge is 0.265 e. The van der Waals surface area contributed by atoms with Crippen LogP contribution in [0, 0.1) is 0 Å². The van der Waals surface area contributed by atoms with Gasteiger partial charge in [0.15, 0.2) is 12.7 Å². The fourth-order valence-electron chi connectivity index (χ4n) is 3.45. The highest BCUT2D eigenvalue weighted by molar-refractivity contribution is 5.99. The van der Waals surface area contributed by atoms with Crippen LogP contribution in [0.4, 0.5) is 11.4 Å². The van der Waals surface area contributed by atoms with Crippen LogP contribution in [0.25, 0.3) is 5.69 Å². The van der Waals surface area contributed by atoms with Crippen molar-refractivity contribution in [3.05, 3.63) is 54.6 Å². The Morgan fingerprint density at radius 3 is 2.97 bits per heavy atom. The molecule has 1 fully saturated rings. The first-order valence-corrected chi connectivity index (χ1v) is 10.1. The molecule has 0 radical (unpaired) electrons. The van der Waals surface area contributed by atoms with Crippen LogP contribution in [0.1, 0.15) is 31.5 Å². The Kier molecular flexibility index (Phi) is 4.78. The predicted molar refractivity (Wildman–Crippen MR) is 113 cm³/mol. The maximum atomic E-state index is 12.5. The minimum absolute atomic E-state index is 0.172. The van der Waals surface area contributed by atoms with E-state index >= 15 is 0 Å². The molecule has 9 nitrogen and oxygen atoms in total. The van der Waals surface area contributed by atoms with Crippen molar-refractivity contribution in [2.45, 2.75) is 31.8 Å². The van der Waals surface area contributed by atoms with Gasteiger partial charge in [-0.15, -0.1) is 10.2 Å². The zero-order valence-corrected chi connectivity index (χ0v) is 16.9. The van der Waals surface area contributed by atoms with E-state index in [4.69, 9.17) is 9.47 Å². The number of aromatic nitrogens is 3. The molecule has 2 aromatic carbocycles. The van der Waals surface area contributed by atoms with Gasteiger partial charge in [-0.1, -0.05) is 12.1 Å². The molecule has 1 aliphatic carbocycles. The number of benzene rings is 2. The fraction of sp³-hybridized carbons (Fsp3) is 0.273. The van der Waals surface area contributed by atoms with E-state index in [1.54, 1.807) is 31.5 Å². The second kappa shape index (κ2) is 7.75. The van der Waals surface area contributed by atoms with Gasteiger partial charge < -0.3 is 20.1 Å². The van der Waals surface area contributed by atoms with Crippen molar-refractivity contribution in [2.75, 3.05) is 17.2 Å². The van der Waals surface area contributed by atoms with Crippen molar-refractivity contribution in [1.29, 1.82) is 0 Å². The number of nitrogens with one attached hydrogen (secondary N) is 2. The number of hydrogen-bond donors (Lipinski definition) is 2. The van der Waals surface area contributed by atoms with Crippen LogP contribution in [0.3, 0.4) is 0 Å². The molecule has 9 heteroatoms. The lowest BCUT2D eigenvalue weighted by atomic mass is 10.2. The third-order valence-corrected chi connectivity index (χ3v) is 5.19. The molecule has 1 atom stereocenters. The van der Waals surface area contributed by atoms with Crippen LogP contribution in [0.15, 0.2) is 48.8 Å². The molecule has 0 spiro atoms. The summed E-state index contributed by atoms with van der Waals surface area (Å²) in [7, 11) is 0. The predicted octanol–water partition coefficient (Wildman–Crippen LogP) is 2.88. The van der Waals surface area contributed by atoms with Crippen molar-refractivity contribution < 1.29 is 19.1 Å². The fourth-order valence-corrected chi connectivity index (χ4v) is 3.45. The van der Waals surface area contributed by atoms with E-state index in [2.05, 4.69) is 20.8 Å². The molecule has 3 aromatic rings. The van der Waals surface area contributed by atoms with Gasteiger partial charge in [-0.05, 0) is 50.1 Å². The van der Waals surface area contributed by atoms with E-state index in [0.29, 0.717) is 28.8 Å². The summed E-state index contributed by atoms with van der Waals surface area (Å²) in [5, 5.41) is 13.8. The van der Waals surface area contributed by atoms with Gasteiger partial charge in [0.05, 0.1) is 11.4 Å². The number of fused-ring (bicyclic) bond motifs is 1. The summed E-state index contributed by atoms with van der Waals surface area (Å²) in [6.45, 7) is 1.51. The number of carbonyl (C=O) groups is 2. The number of ether oxygens (including phenoxy) is 2. The number of nitrogens with zero attached hydrogens (tertiary/aromatic N) is 3. The molecule has 2 aliphatic rings. The Labute approximate surface area is 178 Å². The first-order chi connectivity index (χ1) is 15.1. The Morgan fingerprint density at radius 2 is 2.13 bits per heavy atom. The molecule has 1 aromatic heterocycles. The van der Waals surface area contributed by atoms with E-state index in [-0.39, 0.29) is 18.4 Å². The van der Waals surface area contributed by atoms with E-state index in [1.807, 2.05) is 28.8 Å². The number of rotatable bonds is 6. The molecule has 2 amide bonds. The summed E-state index contributed by atoms with van der Waals surface area (Å²) in [6, 6.07) is 12.6. The van der Waals surface area contributed by atoms with Gasteiger partial charge in [0.25, 0.3) is 11.8 Å². The number of anilines is 2. The number of hydrogen-bond acceptors (Lipinski definition) is 6. The van der Waals surface area contributed by atoms with Gasteiger partial charge in [0, 0.05) is 11.6 Å². The minimum atomic E-state index is -0.549. The third-order valence-electron chi connectivity index (χ3n) is 5.19. The number of para-hydroxylation sites is 2. The van der Waals surface area contributed by atoms with Gasteiger partial charge in [0.2, 0.25) is 0 Å². The highest BCUT2D eigenvalue weighted by Crippen LogP contribution is 2.40. The average molecular weight is 419 g/mol. The third kappa shape index (κ3) is 3.94. The molecule has 1 aliphatic heterocycles. The maximum absolute atomic E-state index is 12.5. The molecule has 158 valence electrons. The number of amides is 2. The second-order valence-corrected chi connectivity index (χ2v) is 7.60. The lowest BCUT2D eigenvalue weighted by molar-refractivity contribution is -0.122. The number of carbonyl (C=O) groups excluding carboxylic acids is 2. The van der Waals surface area contributed by atoms with E-state index in [9.17, 15) is 9.59 Å². The molecule has 2 heterocycles. The average Bonchev–Trinajstić information content (AvgIpc) is 3.50. The molecule has 0 bridgehead atoms. The molecule has 1 saturated carbocycles. The zero-order valence-electron chi connectivity index (χ0n) is 16.9. The van der Waals surface area contributed by atoms with Gasteiger partial charge in [-0.25, -0.2) is 0 Å². The molecule has 31 heavy (non-hydrogen) atoms. The van der Waals surface area contributed by atoms with Gasteiger partial charge in [-0.2, -0.15) is 0 Å². The summed E-state index contributed by atoms with van der Waals surface area (Å²) in [5.74, 6) is 1.92. The topological polar surface area (TPSA) is 107 Å². The SMILES string of the molecule is CC1Oc2ccc(NC(=O)COc3ccccc3-n3cnnc3C3CC3)cc2NC1=O. The standard InChI is InChI=1S/C22H21N5O4/c1-13-22(29)25-16-10-15(8-9-18(16)31-13)24-20(28)11-30-19-5-3-2-4-17(19)27-12-23-26-21(27)14-6-7-14/h2-5,8-10,12-14H,6-7,11H2,1H3,(H,24,28)(H,25,29). The Morgan fingerprint density at radius 1 is 1.29 bits per heavy atom. The summed E-state index contributed by atoms with van der Waals surface area (Å²) >= 11 is 0. The highest BCUT2D eigenvalue weighted by atomic mass is 16.5. The molecular formula is C22H21N5O4. The molecule has 5 rings (SSSR count). The second-order valence-electron chi connectivity index (χ2n) is 7.60. The van der Waals surface area contributed by atoms with Gasteiger partial charge >= 0.3 is 0 Å². The maximum Gasteiger partial charge on any atom is 0.265 e. The van der Waals surface area contributed by atoms with Crippen molar-refractivity contribution >= 4 is 23.2 Å². The van der Waals surface area contributed by atoms with Crippen LogP contribution in [0.2, 0.25) is 0 Å². The van der Waals surface area contributed by atoms with Crippen molar-refractivity contribution in [2.24, 2.45) is 0 Å². The van der Waals surface area contributed by atoms with Crippen molar-refractivity contribution in [1.82, 2.24) is 14.8 Å². The van der Waals surface area contributed by atoms with Crippen molar-refractivity contribution in [3.8, 4) is 17.2 Å². The first kappa shape index (κ1) is 19.1. The lowest BCUT2D eigenvalue weighted by Crippen LogP contribution is -2.34. The summed E-state index contributed by atoms with van der Waals surface area (Å²) in [5.41, 5.74) is 1.85. The van der Waals surface area contributed by atoms with E-state index in [0.717, 1.165) is 24.4 Å². The van der Waals surface area contributed by atoms with E-state index in [1.165, 1.54) is 0 Å². The molecule has 1 unspecified atom stereocenters. The Hall–Kier alpha value is -3.88. The Bertz CT molecular complexity index is 1150. The summed E-state index contributed by atoms with van der Waals surface area (Å²) < 4.78 is 13.3. The van der Waals surface area contributed by atoms with Crippen LogP contribution in [-0.4, -0.2) is 39.3 Å². The molecule has 2 N–H and O–H groups in total. The monoisotopic (exact) mass is 419 g/mol. The lowest BCUT2D eigenvalue weighted by Gasteiger charge is -2.23. The van der Waals surface area contributed by atoms with Crippen LogP contribution >= 0.6 is 0 Å². The molecular weight excluding hydrogens is 398 g/mol. The Balaban J connectivity index is 1.26. The quantitative estimate of drug-likeness (QED) is 0.636. The summed E-state index contributed by atoms with van der Waals surface area (Å²) in [6.07, 6.45) is 3.33. The summed E-state index contributed by atoms with van der Waals surface area (Å²) in [4.78, 5) is 24.3. The van der Waals surface area contributed by atoms with Gasteiger partial charge in [-0.3, -0.25) is 14.2 Å². The van der Waals surface area contributed by atoms with Crippen LogP contribution in [-0.2, 0) is 9.59 Å². The van der Waals surface area contributed by atoms with Crippen LogP contribution < -0.4 is 20.1 Å². The zero-order chi connectivity index (χ0) is 21.4. The van der Waals surface area contributed by atoms with Gasteiger partial charge in [0.1, 0.15) is 23.7 Å². The van der Waals surface area contributed by atoms with E-state index < -0.39 is 6.10 Å². The van der Waals surface area contributed by atoms with Crippen molar-refractivity contribution in [3.63, 3.8) is 0 Å². The highest BCUT2D eigenvalue weighted by Gasteiger charge is 2.29. The normalized spacial score (nSPS) is 17.3.